The molecule has 1 N–H and O–H groups in total. The number of nitrogens with zero attached hydrogens (tertiary/aromatic N) is 2. The monoisotopic (exact) mass is 381 g/mol. The zero-order valence-corrected chi connectivity index (χ0v) is 16.0. The van der Waals surface area contributed by atoms with Crippen LogP contribution < -0.4 is 10.2 Å². The Morgan fingerprint density at radius 3 is 2.64 bits per heavy atom. The van der Waals surface area contributed by atoms with Crippen molar-refractivity contribution in [3.05, 3.63) is 39.9 Å². The molecule has 0 aromatic heterocycles. The molecule has 3 rings (SSSR count). The molecule has 0 radical (unpaired) electrons. The van der Waals surface area contributed by atoms with Gasteiger partial charge in [0, 0.05) is 37.7 Å². The van der Waals surface area contributed by atoms with Crippen molar-refractivity contribution in [1.82, 2.24) is 10.2 Å². The van der Waals surface area contributed by atoms with E-state index >= 15 is 0 Å². The molecule has 4 nitrogen and oxygen atoms in total. The molecule has 0 bridgehead atoms. The SMILES string of the molecule is O=C(NCCC1=CCCCC1)N1CCN(c2cc(Cl)ccc2Cl)CC1. The number of rotatable bonds is 4. The van der Waals surface area contributed by atoms with Crippen molar-refractivity contribution in [1.29, 1.82) is 0 Å². The highest BCUT2D eigenvalue weighted by molar-refractivity contribution is 6.35. The Labute approximate surface area is 159 Å². The van der Waals surface area contributed by atoms with E-state index in [0.29, 0.717) is 23.1 Å². The van der Waals surface area contributed by atoms with E-state index < -0.39 is 0 Å². The van der Waals surface area contributed by atoms with E-state index in [-0.39, 0.29) is 6.03 Å². The maximum atomic E-state index is 12.3. The number of anilines is 1. The maximum absolute atomic E-state index is 12.3. The number of urea groups is 1. The summed E-state index contributed by atoms with van der Waals surface area (Å²) in [6.07, 6.45) is 8.28. The van der Waals surface area contributed by atoms with Crippen LogP contribution in [-0.2, 0) is 0 Å². The van der Waals surface area contributed by atoms with Crippen molar-refractivity contribution in [3.63, 3.8) is 0 Å². The third-order valence-corrected chi connectivity index (χ3v) is 5.48. The van der Waals surface area contributed by atoms with Crippen LogP contribution in [0.15, 0.2) is 29.8 Å². The van der Waals surface area contributed by atoms with Gasteiger partial charge in [-0.1, -0.05) is 34.9 Å². The number of benzene rings is 1. The fraction of sp³-hybridized carbons (Fsp3) is 0.526. The minimum Gasteiger partial charge on any atom is -0.367 e. The fourth-order valence-electron chi connectivity index (χ4n) is 3.45. The lowest BCUT2D eigenvalue weighted by Crippen LogP contribution is -2.52. The average Bonchev–Trinajstić information content (AvgIpc) is 2.65. The van der Waals surface area contributed by atoms with Gasteiger partial charge in [-0.15, -0.1) is 0 Å². The molecule has 1 aliphatic carbocycles. The second kappa shape index (κ2) is 8.81. The first-order valence-electron chi connectivity index (χ1n) is 9.04. The van der Waals surface area contributed by atoms with E-state index in [4.69, 9.17) is 23.2 Å². The molecule has 0 spiro atoms. The number of allylic oxidation sites excluding steroid dienone is 1. The summed E-state index contributed by atoms with van der Waals surface area (Å²) in [5, 5.41) is 4.43. The highest BCUT2D eigenvalue weighted by atomic mass is 35.5. The number of hydrogen-bond acceptors (Lipinski definition) is 2. The van der Waals surface area contributed by atoms with Gasteiger partial charge < -0.3 is 15.1 Å². The Balaban J connectivity index is 1.44. The number of carbonyl (C=O) groups excluding carboxylic acids is 1. The number of nitrogens with one attached hydrogen (secondary N) is 1. The number of hydrogen-bond donors (Lipinski definition) is 1. The second-order valence-electron chi connectivity index (χ2n) is 6.66. The summed E-state index contributed by atoms with van der Waals surface area (Å²) in [7, 11) is 0. The summed E-state index contributed by atoms with van der Waals surface area (Å²) in [4.78, 5) is 16.4. The minimum absolute atomic E-state index is 0.0354. The third-order valence-electron chi connectivity index (χ3n) is 4.92. The van der Waals surface area contributed by atoms with Crippen LogP contribution in [0.25, 0.3) is 0 Å². The summed E-state index contributed by atoms with van der Waals surface area (Å²) in [5.41, 5.74) is 2.44. The summed E-state index contributed by atoms with van der Waals surface area (Å²) in [5.74, 6) is 0. The Bertz CT molecular complexity index is 640. The molecule has 1 saturated heterocycles. The molecular weight excluding hydrogens is 357 g/mol. The van der Waals surface area contributed by atoms with E-state index in [0.717, 1.165) is 31.7 Å². The molecule has 1 aromatic carbocycles. The third kappa shape index (κ3) is 5.05. The number of piperazine rings is 1. The molecule has 136 valence electrons. The van der Waals surface area contributed by atoms with Gasteiger partial charge in [0.2, 0.25) is 0 Å². The van der Waals surface area contributed by atoms with Crippen molar-refractivity contribution in [2.45, 2.75) is 32.1 Å². The number of carbonyl (C=O) groups is 1. The van der Waals surface area contributed by atoms with E-state index in [1.165, 1.54) is 31.3 Å². The molecule has 1 aliphatic heterocycles. The van der Waals surface area contributed by atoms with Gasteiger partial charge in [-0.2, -0.15) is 0 Å². The summed E-state index contributed by atoms with van der Waals surface area (Å²) in [6, 6.07) is 5.53. The zero-order chi connectivity index (χ0) is 17.6. The molecule has 1 aromatic rings. The second-order valence-corrected chi connectivity index (χ2v) is 7.50. The molecule has 2 amide bonds. The van der Waals surface area contributed by atoms with Gasteiger partial charge in [0.1, 0.15) is 0 Å². The molecule has 1 fully saturated rings. The van der Waals surface area contributed by atoms with E-state index in [2.05, 4.69) is 16.3 Å². The Morgan fingerprint density at radius 2 is 1.92 bits per heavy atom. The zero-order valence-electron chi connectivity index (χ0n) is 14.4. The number of halogens is 2. The van der Waals surface area contributed by atoms with E-state index in [9.17, 15) is 4.79 Å². The van der Waals surface area contributed by atoms with Gasteiger partial charge >= 0.3 is 6.03 Å². The lowest BCUT2D eigenvalue weighted by Gasteiger charge is -2.36. The van der Waals surface area contributed by atoms with Crippen LogP contribution in [-0.4, -0.2) is 43.7 Å². The van der Waals surface area contributed by atoms with Gasteiger partial charge in [-0.05, 0) is 50.3 Å². The average molecular weight is 382 g/mol. The van der Waals surface area contributed by atoms with Crippen LogP contribution in [0, 0.1) is 0 Å². The topological polar surface area (TPSA) is 35.6 Å². The summed E-state index contributed by atoms with van der Waals surface area (Å²) < 4.78 is 0. The smallest absolute Gasteiger partial charge is 0.317 e. The normalized spacial score (nSPS) is 18.1. The molecule has 6 heteroatoms. The van der Waals surface area contributed by atoms with Crippen LogP contribution in [0.1, 0.15) is 32.1 Å². The van der Waals surface area contributed by atoms with Gasteiger partial charge in [0.05, 0.1) is 10.7 Å². The van der Waals surface area contributed by atoms with E-state index in [1.807, 2.05) is 17.0 Å². The van der Waals surface area contributed by atoms with Crippen LogP contribution in [0.5, 0.6) is 0 Å². The molecule has 25 heavy (non-hydrogen) atoms. The first-order valence-corrected chi connectivity index (χ1v) is 9.80. The predicted octanol–water partition coefficient (Wildman–Crippen LogP) is 4.72. The lowest BCUT2D eigenvalue weighted by molar-refractivity contribution is 0.194. The standard InChI is InChI=1S/C19H25Cl2N3O/c20-16-6-7-17(21)18(14-16)23-10-12-24(13-11-23)19(25)22-9-8-15-4-2-1-3-5-15/h4,6-7,14H,1-3,5,8-13H2,(H,22,25). The van der Waals surface area contributed by atoms with Crippen molar-refractivity contribution in [3.8, 4) is 0 Å². The van der Waals surface area contributed by atoms with Gasteiger partial charge in [0.15, 0.2) is 0 Å². The fourth-order valence-corrected chi connectivity index (χ4v) is 3.86. The van der Waals surface area contributed by atoms with E-state index in [1.54, 1.807) is 6.07 Å². The van der Waals surface area contributed by atoms with Gasteiger partial charge in [0.25, 0.3) is 0 Å². The maximum Gasteiger partial charge on any atom is 0.317 e. The van der Waals surface area contributed by atoms with Crippen LogP contribution in [0.4, 0.5) is 10.5 Å². The molecular formula is C19H25Cl2N3O. The molecule has 2 aliphatic rings. The minimum atomic E-state index is 0.0354. The molecule has 0 atom stereocenters. The van der Waals surface area contributed by atoms with Crippen LogP contribution in [0.3, 0.4) is 0 Å². The van der Waals surface area contributed by atoms with Crippen molar-refractivity contribution < 1.29 is 4.79 Å². The quantitative estimate of drug-likeness (QED) is 0.766. The lowest BCUT2D eigenvalue weighted by atomic mass is 9.97. The number of amides is 2. The van der Waals surface area contributed by atoms with Gasteiger partial charge in [-0.3, -0.25) is 0 Å². The van der Waals surface area contributed by atoms with Crippen molar-refractivity contribution in [2.75, 3.05) is 37.6 Å². The Kier molecular flexibility index (Phi) is 6.49. The van der Waals surface area contributed by atoms with Crippen molar-refractivity contribution >= 4 is 34.9 Å². The Morgan fingerprint density at radius 1 is 1.12 bits per heavy atom. The van der Waals surface area contributed by atoms with Crippen molar-refractivity contribution in [2.24, 2.45) is 0 Å². The first-order chi connectivity index (χ1) is 12.1. The molecule has 1 heterocycles. The largest absolute Gasteiger partial charge is 0.367 e. The van der Waals surface area contributed by atoms with Crippen LogP contribution >= 0.6 is 23.2 Å². The Hall–Kier alpha value is -1.39. The highest BCUT2D eigenvalue weighted by Crippen LogP contribution is 2.29. The summed E-state index contributed by atoms with van der Waals surface area (Å²) in [6.45, 7) is 3.64. The molecule has 0 unspecified atom stereocenters. The predicted molar refractivity (Wildman–Crippen MR) is 105 cm³/mol. The van der Waals surface area contributed by atoms with Gasteiger partial charge in [-0.25, -0.2) is 4.79 Å². The highest BCUT2D eigenvalue weighted by Gasteiger charge is 2.22. The first kappa shape index (κ1) is 18.4. The molecule has 0 saturated carbocycles. The summed E-state index contributed by atoms with van der Waals surface area (Å²) >= 11 is 12.3. The van der Waals surface area contributed by atoms with Crippen LogP contribution in [0.2, 0.25) is 10.0 Å².